The average Bonchev–Trinajstić information content (AvgIpc) is 2.50. The first-order valence-electron chi connectivity index (χ1n) is 5.29. The SMILES string of the molecule is Cc1ccc(F)cc1CN1C(=O)CN(C)C1=O. The molecule has 4 nitrogen and oxygen atoms in total. The van der Waals surface area contributed by atoms with Gasteiger partial charge in [-0.1, -0.05) is 6.07 Å². The van der Waals surface area contributed by atoms with Crippen LogP contribution < -0.4 is 0 Å². The van der Waals surface area contributed by atoms with E-state index in [1.165, 1.54) is 17.0 Å². The fourth-order valence-corrected chi connectivity index (χ4v) is 1.81. The Hall–Kier alpha value is -1.91. The second kappa shape index (κ2) is 4.16. The maximum atomic E-state index is 13.1. The highest BCUT2D eigenvalue weighted by atomic mass is 19.1. The number of likely N-dealkylation sites (N-methyl/N-ethyl adjacent to an activating group) is 1. The Bertz CT molecular complexity index is 487. The van der Waals surface area contributed by atoms with E-state index >= 15 is 0 Å². The van der Waals surface area contributed by atoms with Crippen molar-refractivity contribution in [3.05, 3.63) is 35.1 Å². The second-order valence-corrected chi connectivity index (χ2v) is 4.19. The summed E-state index contributed by atoms with van der Waals surface area (Å²) in [6, 6.07) is 4.02. The zero-order valence-electron chi connectivity index (χ0n) is 9.74. The molecule has 2 rings (SSSR count). The zero-order chi connectivity index (χ0) is 12.6. The normalized spacial score (nSPS) is 15.9. The number of hydrogen-bond donors (Lipinski definition) is 0. The first kappa shape index (κ1) is 11.6. The zero-order valence-corrected chi connectivity index (χ0v) is 9.74. The Labute approximate surface area is 98.6 Å². The smallest absolute Gasteiger partial charge is 0.318 e. The molecule has 3 amide bonds. The minimum absolute atomic E-state index is 0.0905. The summed E-state index contributed by atoms with van der Waals surface area (Å²) in [4.78, 5) is 25.7. The number of hydrogen-bond acceptors (Lipinski definition) is 2. The highest BCUT2D eigenvalue weighted by Gasteiger charge is 2.33. The van der Waals surface area contributed by atoms with Crippen molar-refractivity contribution in [2.75, 3.05) is 13.6 Å². The molecule has 90 valence electrons. The highest BCUT2D eigenvalue weighted by molar-refractivity contribution is 6.01. The minimum Gasteiger partial charge on any atom is -0.318 e. The predicted molar refractivity (Wildman–Crippen MR) is 59.7 cm³/mol. The van der Waals surface area contributed by atoms with E-state index in [1.807, 2.05) is 6.92 Å². The van der Waals surface area contributed by atoms with Crippen LogP contribution in [0.5, 0.6) is 0 Å². The number of halogens is 1. The van der Waals surface area contributed by atoms with E-state index in [0.29, 0.717) is 5.56 Å². The Balaban J connectivity index is 2.24. The van der Waals surface area contributed by atoms with Gasteiger partial charge in [0.05, 0.1) is 6.54 Å². The average molecular weight is 236 g/mol. The lowest BCUT2D eigenvalue weighted by molar-refractivity contribution is -0.125. The summed E-state index contributed by atoms with van der Waals surface area (Å²) < 4.78 is 13.1. The topological polar surface area (TPSA) is 40.6 Å². The molecule has 0 spiro atoms. The lowest BCUT2D eigenvalue weighted by Crippen LogP contribution is -2.31. The van der Waals surface area contributed by atoms with Gasteiger partial charge < -0.3 is 4.90 Å². The molecule has 0 radical (unpaired) electrons. The van der Waals surface area contributed by atoms with Gasteiger partial charge in [-0.3, -0.25) is 9.69 Å². The summed E-state index contributed by atoms with van der Waals surface area (Å²) in [7, 11) is 1.57. The van der Waals surface area contributed by atoms with Gasteiger partial charge in [-0.2, -0.15) is 0 Å². The van der Waals surface area contributed by atoms with Crippen LogP contribution in [-0.2, 0) is 11.3 Å². The molecule has 1 aliphatic heterocycles. The largest absolute Gasteiger partial charge is 0.327 e. The van der Waals surface area contributed by atoms with Crippen molar-refractivity contribution < 1.29 is 14.0 Å². The maximum Gasteiger partial charge on any atom is 0.327 e. The second-order valence-electron chi connectivity index (χ2n) is 4.19. The molecule has 0 bridgehead atoms. The third-order valence-electron chi connectivity index (χ3n) is 2.87. The molecule has 0 aromatic heterocycles. The molecular weight excluding hydrogens is 223 g/mol. The Morgan fingerprint density at radius 2 is 2.06 bits per heavy atom. The number of benzene rings is 1. The first-order valence-corrected chi connectivity index (χ1v) is 5.29. The highest BCUT2D eigenvalue weighted by Crippen LogP contribution is 2.17. The summed E-state index contributed by atoms with van der Waals surface area (Å²) in [5.41, 5.74) is 1.52. The summed E-state index contributed by atoms with van der Waals surface area (Å²) in [5.74, 6) is -0.612. The number of rotatable bonds is 2. The number of imide groups is 1. The molecule has 5 heteroatoms. The van der Waals surface area contributed by atoms with E-state index in [0.717, 1.165) is 10.5 Å². The molecule has 1 fully saturated rings. The maximum absolute atomic E-state index is 13.1. The Kier molecular flexibility index (Phi) is 2.83. The quantitative estimate of drug-likeness (QED) is 0.730. The van der Waals surface area contributed by atoms with Gasteiger partial charge in [-0.15, -0.1) is 0 Å². The lowest BCUT2D eigenvalue weighted by atomic mass is 10.1. The van der Waals surface area contributed by atoms with Crippen molar-refractivity contribution >= 4 is 11.9 Å². The number of carbonyl (C=O) groups excluding carboxylic acids is 2. The molecule has 1 heterocycles. The Morgan fingerprint density at radius 3 is 2.65 bits per heavy atom. The molecule has 0 unspecified atom stereocenters. The van der Waals surface area contributed by atoms with Crippen LogP contribution in [0.4, 0.5) is 9.18 Å². The van der Waals surface area contributed by atoms with E-state index in [1.54, 1.807) is 13.1 Å². The molecule has 1 aromatic carbocycles. The summed E-state index contributed by atoms with van der Waals surface area (Å²) in [6.45, 7) is 2.04. The van der Waals surface area contributed by atoms with E-state index in [-0.39, 0.29) is 30.8 Å². The standard InChI is InChI=1S/C12H13FN2O2/c1-8-3-4-10(13)5-9(8)6-15-11(16)7-14(2)12(15)17/h3-5H,6-7H2,1-2H3. The van der Waals surface area contributed by atoms with Gasteiger partial charge in [-0.25, -0.2) is 9.18 Å². The van der Waals surface area contributed by atoms with Crippen LogP contribution >= 0.6 is 0 Å². The van der Waals surface area contributed by atoms with Crippen LogP contribution in [0.25, 0.3) is 0 Å². The van der Waals surface area contributed by atoms with Crippen molar-refractivity contribution in [2.24, 2.45) is 0 Å². The van der Waals surface area contributed by atoms with Crippen molar-refractivity contribution in [1.29, 1.82) is 0 Å². The van der Waals surface area contributed by atoms with Crippen LogP contribution in [0.1, 0.15) is 11.1 Å². The van der Waals surface area contributed by atoms with Gasteiger partial charge in [0.2, 0.25) is 0 Å². The first-order chi connectivity index (χ1) is 7.99. The fourth-order valence-electron chi connectivity index (χ4n) is 1.81. The minimum atomic E-state index is -0.363. The van der Waals surface area contributed by atoms with Gasteiger partial charge >= 0.3 is 6.03 Å². The molecule has 1 aromatic rings. The molecule has 1 aliphatic rings. The van der Waals surface area contributed by atoms with Gasteiger partial charge in [0, 0.05) is 7.05 Å². The molecule has 0 saturated carbocycles. The van der Waals surface area contributed by atoms with Crippen LogP contribution in [-0.4, -0.2) is 35.3 Å². The van der Waals surface area contributed by atoms with E-state index in [2.05, 4.69) is 0 Å². The number of carbonyl (C=O) groups is 2. The van der Waals surface area contributed by atoms with Crippen LogP contribution in [0.15, 0.2) is 18.2 Å². The van der Waals surface area contributed by atoms with E-state index < -0.39 is 0 Å². The molecule has 1 saturated heterocycles. The van der Waals surface area contributed by atoms with Gasteiger partial charge in [0.15, 0.2) is 0 Å². The third-order valence-corrected chi connectivity index (χ3v) is 2.87. The molecule has 0 N–H and O–H groups in total. The third kappa shape index (κ3) is 2.13. The fraction of sp³-hybridized carbons (Fsp3) is 0.333. The number of nitrogens with zero attached hydrogens (tertiary/aromatic N) is 2. The molecule has 0 aliphatic carbocycles. The summed E-state index contributed by atoms with van der Waals surface area (Å²) >= 11 is 0. The molecule has 17 heavy (non-hydrogen) atoms. The van der Waals surface area contributed by atoms with Crippen molar-refractivity contribution in [1.82, 2.24) is 9.80 Å². The lowest BCUT2D eigenvalue weighted by Gasteiger charge is -2.15. The van der Waals surface area contributed by atoms with Crippen molar-refractivity contribution in [2.45, 2.75) is 13.5 Å². The molecular formula is C12H13FN2O2. The predicted octanol–water partition coefficient (Wildman–Crippen LogP) is 1.53. The van der Waals surface area contributed by atoms with Gasteiger partial charge in [0.25, 0.3) is 5.91 Å². The van der Waals surface area contributed by atoms with Crippen LogP contribution in [0.3, 0.4) is 0 Å². The summed E-state index contributed by atoms with van der Waals surface area (Å²) in [5, 5.41) is 0. The summed E-state index contributed by atoms with van der Waals surface area (Å²) in [6.07, 6.45) is 0. The van der Waals surface area contributed by atoms with E-state index in [4.69, 9.17) is 0 Å². The molecule has 0 atom stereocenters. The van der Waals surface area contributed by atoms with Gasteiger partial charge in [0.1, 0.15) is 12.4 Å². The Morgan fingerprint density at radius 1 is 1.35 bits per heavy atom. The number of urea groups is 1. The van der Waals surface area contributed by atoms with Crippen LogP contribution in [0, 0.1) is 12.7 Å². The van der Waals surface area contributed by atoms with Gasteiger partial charge in [-0.05, 0) is 30.2 Å². The number of amides is 3. The van der Waals surface area contributed by atoms with E-state index in [9.17, 15) is 14.0 Å². The van der Waals surface area contributed by atoms with Crippen LogP contribution in [0.2, 0.25) is 0 Å². The van der Waals surface area contributed by atoms with Crippen molar-refractivity contribution in [3.63, 3.8) is 0 Å². The van der Waals surface area contributed by atoms with Crippen molar-refractivity contribution in [3.8, 4) is 0 Å². The monoisotopic (exact) mass is 236 g/mol. The number of aryl methyl sites for hydroxylation is 1.